The van der Waals surface area contributed by atoms with E-state index in [4.69, 9.17) is 10.1 Å². The molecule has 0 amide bonds. The van der Waals surface area contributed by atoms with Crippen molar-refractivity contribution in [2.75, 3.05) is 0 Å². The molecule has 0 aliphatic carbocycles. The quantitative estimate of drug-likeness (QED) is 0.762. The summed E-state index contributed by atoms with van der Waals surface area (Å²) in [6.45, 7) is 17.5. The van der Waals surface area contributed by atoms with E-state index in [0.717, 1.165) is 17.2 Å². The second-order valence-electron chi connectivity index (χ2n) is 6.24. The van der Waals surface area contributed by atoms with Crippen LogP contribution in [0.2, 0.25) is 0 Å². The lowest BCUT2D eigenvalue weighted by molar-refractivity contribution is -0.782. The van der Waals surface area contributed by atoms with Crippen molar-refractivity contribution in [1.29, 1.82) is 0 Å². The minimum absolute atomic E-state index is 0.355. The van der Waals surface area contributed by atoms with Gasteiger partial charge in [-0.15, -0.1) is 4.68 Å². The number of hydrogen-bond donors (Lipinski definition) is 0. The van der Waals surface area contributed by atoms with E-state index >= 15 is 0 Å². The van der Waals surface area contributed by atoms with Crippen LogP contribution in [0.5, 0.6) is 0 Å². The molecule has 0 aromatic carbocycles. The first-order chi connectivity index (χ1) is 8.25. The first kappa shape index (κ1) is 15.1. The summed E-state index contributed by atoms with van der Waals surface area (Å²) in [6, 6.07) is 0.355. The molecule has 0 spiro atoms. The highest BCUT2D eigenvalue weighted by atomic mass is 15.3. The monoisotopic (exact) mass is 250 g/mol. The van der Waals surface area contributed by atoms with Crippen LogP contribution in [0.15, 0.2) is 0 Å². The van der Waals surface area contributed by atoms with Gasteiger partial charge in [0.05, 0.1) is 5.92 Å². The van der Waals surface area contributed by atoms with Gasteiger partial charge in [0.25, 0.3) is 0 Å². The van der Waals surface area contributed by atoms with Gasteiger partial charge in [0, 0.05) is 11.8 Å². The van der Waals surface area contributed by atoms with Crippen molar-refractivity contribution in [3.8, 4) is 0 Å². The lowest BCUT2D eigenvalue weighted by atomic mass is 10.0. The van der Waals surface area contributed by atoms with Gasteiger partial charge in [0.1, 0.15) is 11.7 Å². The molecule has 0 aliphatic rings. The van der Waals surface area contributed by atoms with Crippen LogP contribution in [0.4, 0.5) is 0 Å². The first-order valence-corrected chi connectivity index (χ1v) is 7.09. The zero-order valence-electron chi connectivity index (χ0n) is 13.2. The highest BCUT2D eigenvalue weighted by Crippen LogP contribution is 2.23. The van der Waals surface area contributed by atoms with E-state index in [9.17, 15) is 0 Å². The minimum atomic E-state index is 0.355. The standard InChI is InChI=1S/C15H28N3/c1-9(2)13-14(10(3)4)17-18(12(7)8)15(16-13)11(5)6/h9-12H,1-8H3/q+1. The molecule has 18 heavy (non-hydrogen) atoms. The van der Waals surface area contributed by atoms with Gasteiger partial charge in [-0.1, -0.05) is 46.6 Å². The Hall–Kier alpha value is -0.990. The largest absolute Gasteiger partial charge is 0.321 e. The maximum absolute atomic E-state index is 4.91. The molecule has 3 heteroatoms. The van der Waals surface area contributed by atoms with E-state index in [1.165, 1.54) is 0 Å². The van der Waals surface area contributed by atoms with E-state index in [0.29, 0.717) is 23.8 Å². The molecule has 0 saturated carbocycles. The van der Waals surface area contributed by atoms with Gasteiger partial charge < -0.3 is 0 Å². The molecule has 0 fully saturated rings. The molecule has 0 bridgehead atoms. The zero-order chi connectivity index (χ0) is 14.0. The molecule has 0 radical (unpaired) electrons. The molecule has 1 heterocycles. The van der Waals surface area contributed by atoms with Crippen molar-refractivity contribution in [2.24, 2.45) is 0 Å². The molecule has 3 nitrogen and oxygen atoms in total. The Morgan fingerprint density at radius 2 is 1.22 bits per heavy atom. The van der Waals surface area contributed by atoms with Crippen LogP contribution < -0.4 is 4.68 Å². The molecule has 1 aromatic rings. The van der Waals surface area contributed by atoms with Crippen molar-refractivity contribution in [3.05, 3.63) is 17.2 Å². The average molecular weight is 250 g/mol. The highest BCUT2D eigenvalue weighted by Gasteiger charge is 2.28. The molecule has 0 saturated heterocycles. The van der Waals surface area contributed by atoms with E-state index in [2.05, 4.69) is 60.1 Å². The lowest BCUT2D eigenvalue weighted by Gasteiger charge is -2.15. The fraction of sp³-hybridized carbons (Fsp3) is 0.800. The molecule has 102 valence electrons. The van der Waals surface area contributed by atoms with Crippen LogP contribution in [0.1, 0.15) is 96.4 Å². The van der Waals surface area contributed by atoms with Crippen molar-refractivity contribution < 1.29 is 4.68 Å². The third-order valence-electron chi connectivity index (χ3n) is 3.05. The molecule has 1 rings (SSSR count). The van der Waals surface area contributed by atoms with E-state index in [1.807, 2.05) is 0 Å². The van der Waals surface area contributed by atoms with E-state index < -0.39 is 0 Å². The normalized spacial score (nSPS) is 12.2. The van der Waals surface area contributed by atoms with Crippen molar-refractivity contribution >= 4 is 0 Å². The second-order valence-corrected chi connectivity index (χ2v) is 6.24. The van der Waals surface area contributed by atoms with E-state index in [1.54, 1.807) is 0 Å². The third kappa shape index (κ3) is 3.06. The zero-order valence-corrected chi connectivity index (χ0v) is 13.2. The van der Waals surface area contributed by atoms with Gasteiger partial charge >= 0.3 is 5.82 Å². The highest BCUT2D eigenvalue weighted by molar-refractivity contribution is 5.16. The summed E-state index contributed by atoms with van der Waals surface area (Å²) >= 11 is 0. The van der Waals surface area contributed by atoms with Crippen LogP contribution >= 0.6 is 0 Å². The van der Waals surface area contributed by atoms with Crippen molar-refractivity contribution in [3.63, 3.8) is 0 Å². The van der Waals surface area contributed by atoms with Gasteiger partial charge in [-0.2, -0.15) is 0 Å². The van der Waals surface area contributed by atoms with Crippen LogP contribution in [0, 0.1) is 0 Å². The number of aromatic nitrogens is 3. The summed E-state index contributed by atoms with van der Waals surface area (Å²) in [5.41, 5.74) is 2.30. The Kier molecular flexibility index (Phi) is 4.83. The van der Waals surface area contributed by atoms with E-state index in [-0.39, 0.29) is 0 Å². The fourth-order valence-corrected chi connectivity index (χ4v) is 2.06. The Balaban J connectivity index is 3.50. The van der Waals surface area contributed by atoms with Gasteiger partial charge in [-0.25, -0.2) is 0 Å². The third-order valence-corrected chi connectivity index (χ3v) is 3.05. The van der Waals surface area contributed by atoms with Crippen LogP contribution in [-0.4, -0.2) is 10.1 Å². The molecule has 1 aromatic heterocycles. The summed E-state index contributed by atoms with van der Waals surface area (Å²) in [6.07, 6.45) is 0. The molecule has 0 atom stereocenters. The summed E-state index contributed by atoms with van der Waals surface area (Å²) in [4.78, 5) is 4.91. The fourth-order valence-electron chi connectivity index (χ4n) is 2.06. The summed E-state index contributed by atoms with van der Waals surface area (Å²) in [5, 5.41) is 4.87. The van der Waals surface area contributed by atoms with Crippen LogP contribution in [-0.2, 0) is 0 Å². The Labute approximate surface area is 112 Å². The molecular weight excluding hydrogens is 222 g/mol. The summed E-state index contributed by atoms with van der Waals surface area (Å²) in [5.74, 6) is 2.34. The van der Waals surface area contributed by atoms with Gasteiger partial charge in [-0.05, 0) is 18.8 Å². The summed E-state index contributed by atoms with van der Waals surface area (Å²) in [7, 11) is 0. The predicted molar refractivity (Wildman–Crippen MR) is 74.9 cm³/mol. The van der Waals surface area contributed by atoms with Crippen molar-refractivity contribution in [2.45, 2.75) is 79.2 Å². The van der Waals surface area contributed by atoms with Gasteiger partial charge in [0.15, 0.2) is 5.69 Å². The smallest absolute Gasteiger partial charge is 0.131 e. The Bertz CT molecular complexity index is 332. The SMILES string of the molecule is CC(C)c1nc(C(C)C)[n+](C(C)C)nc1C(C)C. The number of nitrogens with zero attached hydrogens (tertiary/aromatic N) is 3. The number of rotatable bonds is 4. The molecule has 0 unspecified atom stereocenters. The maximum Gasteiger partial charge on any atom is 0.321 e. The van der Waals surface area contributed by atoms with Gasteiger partial charge in [0.2, 0.25) is 0 Å². The molecule has 0 aliphatic heterocycles. The van der Waals surface area contributed by atoms with Gasteiger partial charge in [-0.3, -0.25) is 0 Å². The van der Waals surface area contributed by atoms with Crippen molar-refractivity contribution in [1.82, 2.24) is 10.1 Å². The Morgan fingerprint density at radius 1 is 0.722 bits per heavy atom. The Morgan fingerprint density at radius 3 is 1.56 bits per heavy atom. The lowest BCUT2D eigenvalue weighted by Crippen LogP contribution is -2.47. The summed E-state index contributed by atoms with van der Waals surface area (Å²) < 4.78 is 2.09. The van der Waals surface area contributed by atoms with Crippen LogP contribution in [0.25, 0.3) is 0 Å². The first-order valence-electron chi connectivity index (χ1n) is 7.09. The second kappa shape index (κ2) is 5.77. The minimum Gasteiger partial charge on any atom is -0.131 e. The maximum atomic E-state index is 4.91. The molecular formula is C15H28N3+. The van der Waals surface area contributed by atoms with Crippen LogP contribution in [0.3, 0.4) is 0 Å². The molecule has 0 N–H and O–H groups in total. The topological polar surface area (TPSA) is 29.7 Å². The number of hydrogen-bond acceptors (Lipinski definition) is 2. The average Bonchev–Trinajstić information content (AvgIpc) is 2.26. The predicted octanol–water partition coefficient (Wildman–Crippen LogP) is 3.72.